The predicted octanol–water partition coefficient (Wildman–Crippen LogP) is 4.17. The van der Waals surface area contributed by atoms with Crippen molar-refractivity contribution in [2.45, 2.75) is 31.6 Å². The van der Waals surface area contributed by atoms with E-state index in [1.54, 1.807) is 17.0 Å². The number of carbonyl (C=O) groups is 1. The Morgan fingerprint density at radius 3 is 2.50 bits per heavy atom. The van der Waals surface area contributed by atoms with Gasteiger partial charge >= 0.3 is 6.09 Å². The Bertz CT molecular complexity index is 1030. The molecule has 2 heterocycles. The van der Waals surface area contributed by atoms with Gasteiger partial charge in [0, 0.05) is 24.9 Å². The van der Waals surface area contributed by atoms with E-state index >= 15 is 0 Å². The van der Waals surface area contributed by atoms with Crippen molar-refractivity contribution in [1.82, 2.24) is 9.88 Å². The van der Waals surface area contributed by atoms with Gasteiger partial charge in [0.25, 0.3) is 0 Å². The lowest BCUT2D eigenvalue weighted by atomic mass is 9.98. The highest BCUT2D eigenvalue weighted by atomic mass is 32.2. The molecule has 1 aliphatic rings. The van der Waals surface area contributed by atoms with Gasteiger partial charge in [0.15, 0.2) is 9.84 Å². The third-order valence-corrected chi connectivity index (χ3v) is 6.39. The summed E-state index contributed by atoms with van der Waals surface area (Å²) < 4.78 is 48.6. The molecule has 9 heteroatoms. The molecule has 1 fully saturated rings. The third kappa shape index (κ3) is 6.41. The quantitative estimate of drug-likeness (QED) is 0.611. The molecular formula is C23H29FN2O5S. The number of sulfone groups is 1. The summed E-state index contributed by atoms with van der Waals surface area (Å²) in [5, 5.41) is 0. The maximum atomic E-state index is 14.4. The molecular weight excluding hydrogens is 435 g/mol. The minimum atomic E-state index is -3.47. The first kappa shape index (κ1) is 24.0. The fourth-order valence-corrected chi connectivity index (χ4v) is 4.02. The van der Waals surface area contributed by atoms with Gasteiger partial charge in [0.1, 0.15) is 11.6 Å². The standard InChI is InChI=1S/C23H29FN2O5S/c1-16(2)14-31-23(27)26-10-8-17(9-11-26)15-30-18-4-7-22(25-13-18)20-6-5-19(12-21(20)24)32(3,28)29/h4-7,12-13,16-17H,8-11,14-15H2,1-3H3. The number of amides is 1. The maximum absolute atomic E-state index is 14.4. The Labute approximate surface area is 188 Å². The van der Waals surface area contributed by atoms with E-state index in [0.717, 1.165) is 25.2 Å². The molecule has 0 N–H and O–H groups in total. The number of hydrogen-bond donors (Lipinski definition) is 0. The van der Waals surface area contributed by atoms with Crippen LogP contribution in [0.1, 0.15) is 26.7 Å². The summed E-state index contributed by atoms with van der Waals surface area (Å²) in [4.78, 5) is 18.0. The number of benzene rings is 1. The van der Waals surface area contributed by atoms with E-state index in [1.165, 1.54) is 18.3 Å². The fourth-order valence-electron chi connectivity index (χ4n) is 3.38. The molecule has 32 heavy (non-hydrogen) atoms. The lowest BCUT2D eigenvalue weighted by molar-refractivity contribution is 0.0733. The maximum Gasteiger partial charge on any atom is 0.409 e. The summed E-state index contributed by atoms with van der Waals surface area (Å²) in [5.41, 5.74) is 0.615. The summed E-state index contributed by atoms with van der Waals surface area (Å²) in [5.74, 6) is 0.562. The molecule has 3 rings (SSSR count). The average molecular weight is 465 g/mol. The molecule has 0 atom stereocenters. The van der Waals surface area contributed by atoms with Crippen LogP contribution in [-0.4, -0.2) is 57.0 Å². The molecule has 1 aliphatic heterocycles. The van der Waals surface area contributed by atoms with Gasteiger partial charge in [-0.1, -0.05) is 13.8 Å². The zero-order valence-electron chi connectivity index (χ0n) is 18.6. The summed E-state index contributed by atoms with van der Waals surface area (Å²) >= 11 is 0. The van der Waals surface area contributed by atoms with Crippen molar-refractivity contribution in [2.75, 3.05) is 32.6 Å². The van der Waals surface area contributed by atoms with E-state index in [0.29, 0.717) is 49.6 Å². The number of piperidine rings is 1. The Balaban J connectivity index is 1.50. The van der Waals surface area contributed by atoms with Crippen LogP contribution in [0.4, 0.5) is 9.18 Å². The van der Waals surface area contributed by atoms with Gasteiger partial charge in [-0.3, -0.25) is 4.98 Å². The second-order valence-electron chi connectivity index (χ2n) is 8.51. The van der Waals surface area contributed by atoms with E-state index in [2.05, 4.69) is 4.98 Å². The minimum absolute atomic E-state index is 0.0714. The molecule has 1 saturated heterocycles. The van der Waals surface area contributed by atoms with Crippen LogP contribution in [0.3, 0.4) is 0 Å². The smallest absolute Gasteiger partial charge is 0.409 e. The number of aromatic nitrogens is 1. The minimum Gasteiger partial charge on any atom is -0.492 e. The molecule has 2 aromatic rings. The van der Waals surface area contributed by atoms with Crippen molar-refractivity contribution in [3.05, 3.63) is 42.3 Å². The second kappa shape index (κ2) is 10.3. The monoisotopic (exact) mass is 464 g/mol. The first-order chi connectivity index (χ1) is 15.1. The molecule has 0 spiro atoms. The van der Waals surface area contributed by atoms with Gasteiger partial charge in [-0.05, 0) is 55.0 Å². The number of rotatable bonds is 7. The second-order valence-corrected chi connectivity index (χ2v) is 10.5. The fraction of sp³-hybridized carbons (Fsp3) is 0.478. The van der Waals surface area contributed by atoms with Crippen molar-refractivity contribution >= 4 is 15.9 Å². The highest BCUT2D eigenvalue weighted by Crippen LogP contribution is 2.26. The zero-order chi connectivity index (χ0) is 23.3. The molecule has 0 aliphatic carbocycles. The molecule has 174 valence electrons. The number of carbonyl (C=O) groups excluding carboxylic acids is 1. The Morgan fingerprint density at radius 2 is 1.94 bits per heavy atom. The van der Waals surface area contributed by atoms with E-state index in [4.69, 9.17) is 9.47 Å². The van der Waals surface area contributed by atoms with Gasteiger partial charge in [-0.25, -0.2) is 17.6 Å². The molecule has 1 aromatic carbocycles. The average Bonchev–Trinajstić information content (AvgIpc) is 2.76. The van der Waals surface area contributed by atoms with Gasteiger partial charge < -0.3 is 14.4 Å². The van der Waals surface area contributed by atoms with Gasteiger partial charge in [-0.2, -0.15) is 0 Å². The molecule has 0 unspecified atom stereocenters. The van der Waals surface area contributed by atoms with Crippen LogP contribution in [0.15, 0.2) is 41.4 Å². The highest BCUT2D eigenvalue weighted by Gasteiger charge is 2.24. The van der Waals surface area contributed by atoms with Crippen LogP contribution in [0.2, 0.25) is 0 Å². The number of halogens is 1. The lowest BCUT2D eigenvalue weighted by Gasteiger charge is -2.31. The van der Waals surface area contributed by atoms with Crippen molar-refractivity contribution in [2.24, 2.45) is 11.8 Å². The normalized spacial score (nSPS) is 15.1. The topological polar surface area (TPSA) is 85.8 Å². The van der Waals surface area contributed by atoms with Gasteiger partial charge in [0.05, 0.1) is 30.0 Å². The van der Waals surface area contributed by atoms with Crippen molar-refractivity contribution in [1.29, 1.82) is 0 Å². The van der Waals surface area contributed by atoms with Crippen LogP contribution in [0, 0.1) is 17.7 Å². The Kier molecular flexibility index (Phi) is 7.71. The number of ether oxygens (including phenoxy) is 2. The highest BCUT2D eigenvalue weighted by molar-refractivity contribution is 7.90. The number of pyridine rings is 1. The number of nitrogens with zero attached hydrogens (tertiary/aromatic N) is 2. The summed E-state index contributed by atoms with van der Waals surface area (Å²) in [7, 11) is -3.47. The van der Waals surface area contributed by atoms with Crippen LogP contribution in [0.5, 0.6) is 5.75 Å². The Hall–Kier alpha value is -2.68. The largest absolute Gasteiger partial charge is 0.492 e. The lowest BCUT2D eigenvalue weighted by Crippen LogP contribution is -2.40. The molecule has 1 amide bonds. The third-order valence-electron chi connectivity index (χ3n) is 5.28. The van der Waals surface area contributed by atoms with Crippen LogP contribution >= 0.6 is 0 Å². The number of likely N-dealkylation sites (tertiary alicyclic amines) is 1. The molecule has 0 saturated carbocycles. The van der Waals surface area contributed by atoms with Crippen molar-refractivity contribution in [3.63, 3.8) is 0 Å². The predicted molar refractivity (Wildman–Crippen MR) is 119 cm³/mol. The van der Waals surface area contributed by atoms with E-state index in [-0.39, 0.29) is 16.6 Å². The van der Waals surface area contributed by atoms with Gasteiger partial charge in [0.2, 0.25) is 0 Å². The molecule has 1 aromatic heterocycles. The van der Waals surface area contributed by atoms with Crippen molar-refractivity contribution in [3.8, 4) is 17.0 Å². The zero-order valence-corrected chi connectivity index (χ0v) is 19.4. The van der Waals surface area contributed by atoms with Crippen molar-refractivity contribution < 1.29 is 27.1 Å². The van der Waals surface area contributed by atoms with E-state index in [1.807, 2.05) is 13.8 Å². The first-order valence-electron chi connectivity index (χ1n) is 10.6. The van der Waals surface area contributed by atoms with E-state index < -0.39 is 15.7 Å². The summed E-state index contributed by atoms with van der Waals surface area (Å²) in [6.07, 6.45) is 3.97. The first-order valence-corrected chi connectivity index (χ1v) is 12.5. The van der Waals surface area contributed by atoms with Crippen LogP contribution < -0.4 is 4.74 Å². The SMILES string of the molecule is CC(C)COC(=O)N1CCC(COc2ccc(-c3ccc(S(C)(=O)=O)cc3F)nc2)CC1. The summed E-state index contributed by atoms with van der Waals surface area (Å²) in [6.45, 7) is 6.23. The Morgan fingerprint density at radius 1 is 1.22 bits per heavy atom. The molecule has 0 radical (unpaired) electrons. The van der Waals surface area contributed by atoms with Crippen LogP contribution in [0.25, 0.3) is 11.3 Å². The molecule has 7 nitrogen and oxygen atoms in total. The summed E-state index contributed by atoms with van der Waals surface area (Å²) in [6, 6.07) is 7.13. The van der Waals surface area contributed by atoms with Crippen LogP contribution in [-0.2, 0) is 14.6 Å². The molecule has 0 bridgehead atoms. The van der Waals surface area contributed by atoms with Gasteiger partial charge in [-0.15, -0.1) is 0 Å². The number of hydrogen-bond acceptors (Lipinski definition) is 6. The van der Waals surface area contributed by atoms with E-state index in [9.17, 15) is 17.6 Å².